The average molecular weight is 287 g/mol. The highest BCUT2D eigenvalue weighted by molar-refractivity contribution is 8.06. The summed E-state index contributed by atoms with van der Waals surface area (Å²) in [4.78, 5) is 10.6. The lowest BCUT2D eigenvalue weighted by molar-refractivity contribution is -0.153. The highest BCUT2D eigenvalue weighted by Gasteiger charge is 2.34. The molecule has 0 saturated carbocycles. The van der Waals surface area contributed by atoms with Crippen LogP contribution in [0.15, 0.2) is 0 Å². The molecule has 0 spiro atoms. The quantitative estimate of drug-likeness (QED) is 0.641. The Bertz CT molecular complexity index is 494. The molecule has 1 unspecified atom stereocenters. The molecule has 17 heavy (non-hydrogen) atoms. The van der Waals surface area contributed by atoms with Crippen molar-refractivity contribution in [3.8, 4) is 0 Å². The summed E-state index contributed by atoms with van der Waals surface area (Å²) in [5.41, 5.74) is 0. The lowest BCUT2D eigenvalue weighted by atomic mass is 10.3. The molecule has 10 heteroatoms. The Kier molecular flexibility index (Phi) is 4.12. The minimum atomic E-state index is -4.01. The van der Waals surface area contributed by atoms with Crippen molar-refractivity contribution in [2.24, 2.45) is 0 Å². The van der Waals surface area contributed by atoms with Crippen LogP contribution in [0.3, 0.4) is 0 Å². The van der Waals surface area contributed by atoms with Gasteiger partial charge in [0.05, 0.1) is 13.2 Å². The summed E-state index contributed by atoms with van der Waals surface area (Å²) in [6.07, 6.45) is -0.447. The number of morpholine rings is 1. The molecule has 1 aliphatic rings. The van der Waals surface area contributed by atoms with E-state index in [4.69, 9.17) is 9.84 Å². The number of nitrogens with zero attached hydrogens (tertiary/aromatic N) is 1. The first kappa shape index (κ1) is 14.4. The third-order valence-electron chi connectivity index (χ3n) is 2.06. The summed E-state index contributed by atoms with van der Waals surface area (Å²) in [6, 6.07) is 0. The van der Waals surface area contributed by atoms with Gasteiger partial charge in [0.2, 0.25) is 10.0 Å². The van der Waals surface area contributed by atoms with E-state index in [9.17, 15) is 21.6 Å². The minimum Gasteiger partial charge on any atom is -0.479 e. The number of carbonyl (C=O) groups is 1. The average Bonchev–Trinajstić information content (AvgIpc) is 2.14. The van der Waals surface area contributed by atoms with Gasteiger partial charge in [-0.1, -0.05) is 0 Å². The zero-order valence-corrected chi connectivity index (χ0v) is 10.7. The zero-order chi connectivity index (χ0) is 13.3. The van der Waals surface area contributed by atoms with Crippen molar-refractivity contribution in [2.45, 2.75) is 6.10 Å². The molecule has 0 aromatic rings. The molecule has 100 valence electrons. The highest BCUT2D eigenvalue weighted by atomic mass is 32.3. The van der Waals surface area contributed by atoms with E-state index in [1.807, 2.05) is 0 Å². The highest BCUT2D eigenvalue weighted by Crippen LogP contribution is 2.12. The van der Waals surface area contributed by atoms with E-state index in [0.717, 1.165) is 10.6 Å². The predicted octanol–water partition coefficient (Wildman–Crippen LogP) is -1.90. The van der Waals surface area contributed by atoms with E-state index in [-0.39, 0.29) is 19.7 Å². The van der Waals surface area contributed by atoms with Crippen LogP contribution in [-0.4, -0.2) is 69.4 Å². The van der Waals surface area contributed by atoms with Crippen LogP contribution in [0.5, 0.6) is 0 Å². The van der Waals surface area contributed by atoms with Crippen molar-refractivity contribution in [3.63, 3.8) is 0 Å². The van der Waals surface area contributed by atoms with Gasteiger partial charge < -0.3 is 9.84 Å². The second-order valence-corrected chi connectivity index (χ2v) is 8.19. The first-order valence-corrected chi connectivity index (χ1v) is 8.29. The Labute approximate surface area is 99.1 Å². The number of ether oxygens (including phenoxy) is 1. The summed E-state index contributed by atoms with van der Waals surface area (Å²) in [5, 5.41) is 7.67. The smallest absolute Gasteiger partial charge is 0.334 e. The topological polar surface area (TPSA) is 118 Å². The fourth-order valence-corrected chi connectivity index (χ4v) is 4.85. The molecular formula is C7H13NO7S2. The molecule has 0 aromatic carbocycles. The van der Waals surface area contributed by atoms with E-state index >= 15 is 0 Å². The molecule has 1 rings (SSSR count). The van der Waals surface area contributed by atoms with Crippen LogP contribution in [-0.2, 0) is 29.4 Å². The maximum absolute atomic E-state index is 11.7. The molecule has 0 aromatic heterocycles. The van der Waals surface area contributed by atoms with Crippen LogP contribution in [0.25, 0.3) is 0 Å². The van der Waals surface area contributed by atoms with Gasteiger partial charge in [0.25, 0.3) is 0 Å². The van der Waals surface area contributed by atoms with Crippen LogP contribution in [0.1, 0.15) is 0 Å². The number of hydrogen-bond donors (Lipinski definition) is 1. The Morgan fingerprint density at radius 2 is 2.00 bits per heavy atom. The molecule has 1 saturated heterocycles. The molecule has 0 amide bonds. The summed E-state index contributed by atoms with van der Waals surface area (Å²) in [7, 11) is -7.69. The van der Waals surface area contributed by atoms with Crippen molar-refractivity contribution in [3.05, 3.63) is 0 Å². The summed E-state index contributed by atoms with van der Waals surface area (Å²) in [6.45, 7) is -0.477. The number of sulfonamides is 1. The van der Waals surface area contributed by atoms with Crippen LogP contribution in [0, 0.1) is 0 Å². The molecule has 1 N–H and O–H groups in total. The van der Waals surface area contributed by atoms with Gasteiger partial charge in [-0.25, -0.2) is 21.6 Å². The molecule has 8 nitrogen and oxygen atoms in total. The Balaban J connectivity index is 2.82. The van der Waals surface area contributed by atoms with Crippen LogP contribution < -0.4 is 0 Å². The minimum absolute atomic E-state index is 0.0400. The van der Waals surface area contributed by atoms with Gasteiger partial charge in [0.1, 0.15) is 0 Å². The first-order chi connectivity index (χ1) is 7.62. The van der Waals surface area contributed by atoms with Gasteiger partial charge in [-0.15, -0.1) is 0 Å². The molecule has 0 bridgehead atoms. The molecule has 0 radical (unpaired) electrons. The summed E-state index contributed by atoms with van der Waals surface area (Å²) in [5.74, 6) is -1.27. The molecule has 1 heterocycles. The Morgan fingerprint density at radius 1 is 1.41 bits per heavy atom. The second-order valence-electron chi connectivity index (χ2n) is 3.71. The largest absolute Gasteiger partial charge is 0.479 e. The van der Waals surface area contributed by atoms with Crippen molar-refractivity contribution in [2.75, 3.05) is 31.0 Å². The monoisotopic (exact) mass is 287 g/mol. The maximum Gasteiger partial charge on any atom is 0.334 e. The van der Waals surface area contributed by atoms with Crippen LogP contribution >= 0.6 is 0 Å². The molecule has 1 aliphatic heterocycles. The van der Waals surface area contributed by atoms with Gasteiger partial charge in [-0.05, 0) is 0 Å². The third kappa shape index (κ3) is 4.22. The van der Waals surface area contributed by atoms with Gasteiger partial charge >= 0.3 is 5.97 Å². The number of carboxylic acids is 1. The Hall–Kier alpha value is -0.710. The van der Waals surface area contributed by atoms with Gasteiger partial charge in [-0.3, -0.25) is 0 Å². The number of rotatable bonds is 4. The van der Waals surface area contributed by atoms with Crippen molar-refractivity contribution < 1.29 is 31.5 Å². The molecule has 1 fully saturated rings. The Morgan fingerprint density at radius 3 is 2.47 bits per heavy atom. The number of aliphatic carboxylic acids is 1. The predicted molar refractivity (Wildman–Crippen MR) is 57.6 cm³/mol. The van der Waals surface area contributed by atoms with Crippen LogP contribution in [0.2, 0.25) is 0 Å². The zero-order valence-electron chi connectivity index (χ0n) is 9.07. The van der Waals surface area contributed by atoms with E-state index in [1.54, 1.807) is 0 Å². The lowest BCUT2D eigenvalue weighted by Gasteiger charge is -2.29. The van der Waals surface area contributed by atoms with E-state index in [0.29, 0.717) is 0 Å². The lowest BCUT2D eigenvalue weighted by Crippen LogP contribution is -2.49. The number of hydrogen-bond acceptors (Lipinski definition) is 6. The fourth-order valence-electron chi connectivity index (χ4n) is 1.37. The number of sulfone groups is 1. The SMILES string of the molecule is CS(=O)(=O)CS(=O)(=O)N1CCOC(C(=O)O)C1. The fraction of sp³-hybridized carbons (Fsp3) is 0.857. The first-order valence-electron chi connectivity index (χ1n) is 4.62. The number of carboxylic acid groups (broad SMARTS) is 1. The standard InChI is InChI=1S/C7H13NO7S2/c1-16(11,12)5-17(13,14)8-2-3-15-6(4-8)7(9)10/h6H,2-5H2,1H3,(H,9,10). The molecule has 1 atom stereocenters. The normalized spacial score (nSPS) is 23.5. The second kappa shape index (κ2) is 4.88. The van der Waals surface area contributed by atoms with Crippen LogP contribution in [0.4, 0.5) is 0 Å². The van der Waals surface area contributed by atoms with E-state index in [1.165, 1.54) is 0 Å². The van der Waals surface area contributed by atoms with E-state index < -0.39 is 37.0 Å². The van der Waals surface area contributed by atoms with Gasteiger partial charge in [-0.2, -0.15) is 4.31 Å². The third-order valence-corrected chi connectivity index (χ3v) is 6.08. The molecular weight excluding hydrogens is 274 g/mol. The van der Waals surface area contributed by atoms with E-state index in [2.05, 4.69) is 0 Å². The van der Waals surface area contributed by atoms with Crippen molar-refractivity contribution >= 4 is 25.8 Å². The van der Waals surface area contributed by atoms with Gasteiger partial charge in [0, 0.05) is 12.8 Å². The van der Waals surface area contributed by atoms with Gasteiger partial charge in [0.15, 0.2) is 21.0 Å². The molecule has 0 aliphatic carbocycles. The maximum atomic E-state index is 11.7. The summed E-state index contributed by atoms with van der Waals surface area (Å²) < 4.78 is 50.9. The van der Waals surface area contributed by atoms with Crippen molar-refractivity contribution in [1.29, 1.82) is 0 Å². The van der Waals surface area contributed by atoms with Crippen molar-refractivity contribution in [1.82, 2.24) is 4.31 Å². The summed E-state index contributed by atoms with van der Waals surface area (Å²) >= 11 is 0.